The number of aryl methyl sites for hydroxylation is 1. The summed E-state index contributed by atoms with van der Waals surface area (Å²) in [6.07, 6.45) is 0.895. The van der Waals surface area contributed by atoms with E-state index >= 15 is 0 Å². The fourth-order valence-electron chi connectivity index (χ4n) is 2.38. The molecule has 0 aliphatic heterocycles. The Kier molecular flexibility index (Phi) is 7.87. The lowest BCUT2D eigenvalue weighted by Crippen LogP contribution is -2.39. The van der Waals surface area contributed by atoms with Gasteiger partial charge in [0.25, 0.3) is 0 Å². The van der Waals surface area contributed by atoms with E-state index < -0.39 is 0 Å². The first-order valence-corrected chi connectivity index (χ1v) is 9.03. The molecule has 2 rings (SSSR count). The van der Waals surface area contributed by atoms with Gasteiger partial charge in [-0.15, -0.1) is 10.2 Å². The highest BCUT2D eigenvalue weighted by molar-refractivity contribution is 6.30. The van der Waals surface area contributed by atoms with Gasteiger partial charge < -0.3 is 19.9 Å². The monoisotopic (exact) mass is 378 g/mol. The molecule has 2 aromatic rings. The summed E-state index contributed by atoms with van der Waals surface area (Å²) < 4.78 is 7.04. The number of ether oxygens (including phenoxy) is 1. The highest BCUT2D eigenvalue weighted by atomic mass is 35.5. The van der Waals surface area contributed by atoms with Crippen molar-refractivity contribution in [3.8, 4) is 0 Å². The van der Waals surface area contributed by atoms with Gasteiger partial charge in [0.2, 0.25) is 0 Å². The molecule has 2 N–H and O–H groups in total. The molecule has 142 valence electrons. The third kappa shape index (κ3) is 6.00. The lowest BCUT2D eigenvalue weighted by molar-refractivity contribution is 0.195. The first-order chi connectivity index (χ1) is 12.5. The van der Waals surface area contributed by atoms with Gasteiger partial charge in [0.05, 0.1) is 6.04 Å². The lowest BCUT2D eigenvalue weighted by Gasteiger charge is -2.19. The van der Waals surface area contributed by atoms with Crippen molar-refractivity contribution in [1.29, 1.82) is 0 Å². The minimum absolute atomic E-state index is 0.0589. The highest BCUT2D eigenvalue weighted by Crippen LogP contribution is 2.17. The molecule has 0 spiro atoms. The Balaban J connectivity index is 2.06. The van der Waals surface area contributed by atoms with E-state index in [0.29, 0.717) is 19.1 Å². The number of benzene rings is 1. The average molecular weight is 379 g/mol. The Morgan fingerprint density at radius 2 is 2.19 bits per heavy atom. The number of nitrogens with one attached hydrogen (secondary N) is 2. The van der Waals surface area contributed by atoms with Crippen molar-refractivity contribution in [2.24, 2.45) is 12.0 Å². The number of aromatic nitrogens is 3. The van der Waals surface area contributed by atoms with Crippen LogP contribution >= 0.6 is 11.6 Å². The summed E-state index contributed by atoms with van der Waals surface area (Å²) in [6, 6.07) is 7.86. The van der Waals surface area contributed by atoms with Gasteiger partial charge in [-0.2, -0.15) is 0 Å². The van der Waals surface area contributed by atoms with Crippen LogP contribution in [0.25, 0.3) is 0 Å². The van der Waals surface area contributed by atoms with Gasteiger partial charge in [-0.3, -0.25) is 0 Å². The SMILES string of the molecule is COCCCNC(=NCc1nnc(C)n1C)NC(C)c1cccc(Cl)c1. The molecule has 26 heavy (non-hydrogen) atoms. The second-order valence-corrected chi connectivity index (χ2v) is 6.52. The zero-order chi connectivity index (χ0) is 18.9. The Hall–Kier alpha value is -2.12. The van der Waals surface area contributed by atoms with E-state index in [-0.39, 0.29) is 6.04 Å². The van der Waals surface area contributed by atoms with Crippen LogP contribution in [0.2, 0.25) is 5.02 Å². The third-order valence-corrected chi connectivity index (χ3v) is 4.32. The van der Waals surface area contributed by atoms with Crippen LogP contribution < -0.4 is 10.6 Å². The number of guanidine groups is 1. The van der Waals surface area contributed by atoms with Crippen LogP contribution in [-0.4, -0.2) is 41.0 Å². The fraction of sp³-hybridized carbons (Fsp3) is 0.500. The molecule has 1 heterocycles. The Morgan fingerprint density at radius 3 is 2.85 bits per heavy atom. The van der Waals surface area contributed by atoms with E-state index in [2.05, 4.69) is 32.7 Å². The van der Waals surface area contributed by atoms with E-state index in [1.807, 2.05) is 42.8 Å². The van der Waals surface area contributed by atoms with Crippen LogP contribution in [0.1, 0.15) is 36.6 Å². The molecular formula is C18H27ClN6O. The predicted molar refractivity (Wildman–Crippen MR) is 104 cm³/mol. The van der Waals surface area contributed by atoms with Crippen molar-refractivity contribution in [2.45, 2.75) is 32.9 Å². The highest BCUT2D eigenvalue weighted by Gasteiger charge is 2.10. The van der Waals surface area contributed by atoms with Crippen LogP contribution in [0.3, 0.4) is 0 Å². The number of hydrogen-bond donors (Lipinski definition) is 2. The van der Waals surface area contributed by atoms with Gasteiger partial charge in [0.15, 0.2) is 11.8 Å². The van der Waals surface area contributed by atoms with Crippen LogP contribution in [-0.2, 0) is 18.3 Å². The molecule has 1 unspecified atom stereocenters. The molecule has 0 saturated heterocycles. The van der Waals surface area contributed by atoms with E-state index in [0.717, 1.165) is 35.2 Å². The zero-order valence-electron chi connectivity index (χ0n) is 15.8. The maximum Gasteiger partial charge on any atom is 0.192 e. The molecule has 0 aliphatic carbocycles. The Morgan fingerprint density at radius 1 is 1.38 bits per heavy atom. The number of methoxy groups -OCH3 is 1. The normalized spacial score (nSPS) is 12.9. The standard InChI is InChI=1S/C18H27ClN6O/c1-13(15-7-5-8-16(19)11-15)22-18(20-9-6-10-26-4)21-12-17-24-23-14(2)25(17)3/h5,7-8,11,13H,6,9-10,12H2,1-4H3,(H2,20,21,22). The summed E-state index contributed by atoms with van der Waals surface area (Å²) >= 11 is 6.10. The van der Waals surface area contributed by atoms with Crippen molar-refractivity contribution in [3.63, 3.8) is 0 Å². The minimum atomic E-state index is 0.0589. The van der Waals surface area contributed by atoms with Crippen molar-refractivity contribution < 1.29 is 4.74 Å². The number of halogens is 1. The van der Waals surface area contributed by atoms with E-state index in [1.54, 1.807) is 7.11 Å². The fourth-order valence-corrected chi connectivity index (χ4v) is 2.58. The average Bonchev–Trinajstić information content (AvgIpc) is 2.95. The zero-order valence-corrected chi connectivity index (χ0v) is 16.5. The topological polar surface area (TPSA) is 76.4 Å². The summed E-state index contributed by atoms with van der Waals surface area (Å²) in [6.45, 7) is 5.90. The molecule has 0 saturated carbocycles. The molecule has 0 fully saturated rings. The summed E-state index contributed by atoms with van der Waals surface area (Å²) in [7, 11) is 3.64. The number of nitrogens with zero attached hydrogens (tertiary/aromatic N) is 4. The van der Waals surface area contributed by atoms with Crippen LogP contribution in [0, 0.1) is 6.92 Å². The van der Waals surface area contributed by atoms with Gasteiger partial charge in [-0.05, 0) is 38.0 Å². The quantitative estimate of drug-likeness (QED) is 0.419. The van der Waals surface area contributed by atoms with Gasteiger partial charge in [0.1, 0.15) is 12.4 Å². The minimum Gasteiger partial charge on any atom is -0.385 e. The smallest absolute Gasteiger partial charge is 0.192 e. The lowest BCUT2D eigenvalue weighted by atomic mass is 10.1. The van der Waals surface area contributed by atoms with Gasteiger partial charge in [-0.25, -0.2) is 4.99 Å². The third-order valence-electron chi connectivity index (χ3n) is 4.08. The summed E-state index contributed by atoms with van der Waals surface area (Å²) in [5.41, 5.74) is 1.10. The first kappa shape index (κ1) is 20.2. The van der Waals surface area contributed by atoms with Gasteiger partial charge >= 0.3 is 0 Å². The second kappa shape index (κ2) is 10.1. The van der Waals surface area contributed by atoms with E-state index in [9.17, 15) is 0 Å². The van der Waals surface area contributed by atoms with Crippen molar-refractivity contribution in [2.75, 3.05) is 20.3 Å². The van der Waals surface area contributed by atoms with Crippen molar-refractivity contribution in [3.05, 3.63) is 46.5 Å². The van der Waals surface area contributed by atoms with Crippen LogP contribution in [0.5, 0.6) is 0 Å². The summed E-state index contributed by atoms with van der Waals surface area (Å²) in [5.74, 6) is 2.40. The molecule has 1 aromatic heterocycles. The van der Waals surface area contributed by atoms with Crippen molar-refractivity contribution in [1.82, 2.24) is 25.4 Å². The molecule has 1 aromatic carbocycles. The molecule has 0 amide bonds. The molecule has 1 atom stereocenters. The number of rotatable bonds is 8. The summed E-state index contributed by atoms with van der Waals surface area (Å²) in [5, 5.41) is 15.7. The van der Waals surface area contributed by atoms with Crippen LogP contribution in [0.15, 0.2) is 29.3 Å². The van der Waals surface area contributed by atoms with Gasteiger partial charge in [-0.1, -0.05) is 23.7 Å². The molecule has 0 aliphatic rings. The molecule has 0 radical (unpaired) electrons. The first-order valence-electron chi connectivity index (χ1n) is 8.65. The number of aliphatic imine (C=N–C) groups is 1. The largest absolute Gasteiger partial charge is 0.385 e. The maximum absolute atomic E-state index is 6.10. The van der Waals surface area contributed by atoms with Crippen LogP contribution in [0.4, 0.5) is 0 Å². The van der Waals surface area contributed by atoms with E-state index in [1.165, 1.54) is 0 Å². The maximum atomic E-state index is 6.10. The summed E-state index contributed by atoms with van der Waals surface area (Å²) in [4.78, 5) is 4.65. The Bertz CT molecular complexity index is 730. The van der Waals surface area contributed by atoms with E-state index in [4.69, 9.17) is 16.3 Å². The molecular weight excluding hydrogens is 352 g/mol. The second-order valence-electron chi connectivity index (χ2n) is 6.08. The van der Waals surface area contributed by atoms with Gasteiger partial charge in [0, 0.05) is 32.3 Å². The number of hydrogen-bond acceptors (Lipinski definition) is 4. The molecule has 8 heteroatoms. The molecule has 0 bridgehead atoms. The Labute approximate surface area is 159 Å². The predicted octanol–water partition coefficient (Wildman–Crippen LogP) is 2.61. The molecule has 7 nitrogen and oxygen atoms in total. The van der Waals surface area contributed by atoms with Crippen molar-refractivity contribution >= 4 is 17.6 Å².